The first-order valence-corrected chi connectivity index (χ1v) is 9.95. The Morgan fingerprint density at radius 1 is 1.03 bits per heavy atom. The van der Waals surface area contributed by atoms with Crippen molar-refractivity contribution in [2.45, 2.75) is 32.2 Å². The van der Waals surface area contributed by atoms with E-state index in [1.807, 2.05) is 29.2 Å². The Hall–Kier alpha value is -1.75. The number of rotatable bonds is 7. The van der Waals surface area contributed by atoms with E-state index in [2.05, 4.69) is 42.3 Å². The van der Waals surface area contributed by atoms with E-state index in [1.54, 1.807) is 0 Å². The van der Waals surface area contributed by atoms with Crippen LogP contribution in [-0.4, -0.2) is 42.4 Å². The number of anilines is 1. The summed E-state index contributed by atoms with van der Waals surface area (Å²) in [5, 5.41) is 0. The van der Waals surface area contributed by atoms with E-state index in [4.69, 9.17) is 5.73 Å². The van der Waals surface area contributed by atoms with Gasteiger partial charge in [0, 0.05) is 38.3 Å². The molecule has 6 heteroatoms. The second kappa shape index (κ2) is 12.7. The van der Waals surface area contributed by atoms with E-state index in [0.717, 1.165) is 56.7 Å². The van der Waals surface area contributed by atoms with Crippen molar-refractivity contribution in [3.8, 4) is 0 Å². The lowest BCUT2D eigenvalue weighted by Crippen LogP contribution is -2.41. The molecule has 1 aliphatic rings. The minimum atomic E-state index is 0. The van der Waals surface area contributed by atoms with Gasteiger partial charge in [0.25, 0.3) is 0 Å². The quantitative estimate of drug-likeness (QED) is 0.652. The van der Waals surface area contributed by atoms with E-state index in [9.17, 15) is 4.79 Å². The van der Waals surface area contributed by atoms with Crippen molar-refractivity contribution in [3.63, 3.8) is 0 Å². The predicted molar refractivity (Wildman–Crippen MR) is 126 cm³/mol. The number of nitrogens with two attached hydrogens (primary N) is 1. The summed E-state index contributed by atoms with van der Waals surface area (Å²) in [5.74, 6) is 0.932. The van der Waals surface area contributed by atoms with E-state index < -0.39 is 0 Å². The van der Waals surface area contributed by atoms with Crippen LogP contribution >= 0.6 is 24.8 Å². The fourth-order valence-electron chi connectivity index (χ4n) is 3.93. The second-order valence-corrected chi connectivity index (χ2v) is 7.71. The molecule has 1 fully saturated rings. The van der Waals surface area contributed by atoms with Crippen LogP contribution in [0.5, 0.6) is 0 Å². The summed E-state index contributed by atoms with van der Waals surface area (Å²) in [6, 6.07) is 18.4. The Morgan fingerprint density at radius 2 is 1.66 bits per heavy atom. The van der Waals surface area contributed by atoms with Gasteiger partial charge in [-0.05, 0) is 49.4 Å². The number of benzene rings is 2. The van der Waals surface area contributed by atoms with Gasteiger partial charge in [-0.3, -0.25) is 4.79 Å². The van der Waals surface area contributed by atoms with Gasteiger partial charge in [-0.25, -0.2) is 0 Å². The molecule has 1 aliphatic heterocycles. The predicted octanol–water partition coefficient (Wildman–Crippen LogP) is 4.42. The van der Waals surface area contributed by atoms with Crippen molar-refractivity contribution in [3.05, 3.63) is 65.7 Å². The first kappa shape index (κ1) is 25.3. The van der Waals surface area contributed by atoms with Crippen LogP contribution in [0.2, 0.25) is 0 Å². The SMILES string of the molecule is CN(Cc1ccccc1)CC1CCN(C(=O)CCc2ccccc2N)CC1.Cl.Cl. The van der Waals surface area contributed by atoms with Gasteiger partial charge < -0.3 is 15.5 Å². The summed E-state index contributed by atoms with van der Waals surface area (Å²) in [7, 11) is 2.19. The number of carbonyl (C=O) groups excluding carboxylic acids is 1. The number of nitrogens with zero attached hydrogens (tertiary/aromatic N) is 2. The fourth-order valence-corrected chi connectivity index (χ4v) is 3.93. The van der Waals surface area contributed by atoms with Crippen LogP contribution in [0.15, 0.2) is 54.6 Å². The lowest BCUT2D eigenvalue weighted by atomic mass is 9.95. The summed E-state index contributed by atoms with van der Waals surface area (Å²) in [6.07, 6.45) is 3.47. The molecule has 1 heterocycles. The molecular formula is C23H33Cl2N3O. The smallest absolute Gasteiger partial charge is 0.222 e. The van der Waals surface area contributed by atoms with Gasteiger partial charge in [0.05, 0.1) is 0 Å². The third-order valence-corrected chi connectivity index (χ3v) is 5.50. The Kier molecular flexibility index (Phi) is 11.1. The third kappa shape index (κ3) is 7.88. The van der Waals surface area contributed by atoms with Crippen molar-refractivity contribution in [2.75, 3.05) is 32.4 Å². The molecule has 29 heavy (non-hydrogen) atoms. The Morgan fingerprint density at radius 3 is 2.31 bits per heavy atom. The maximum absolute atomic E-state index is 12.5. The van der Waals surface area contributed by atoms with Crippen molar-refractivity contribution < 1.29 is 4.79 Å². The molecule has 0 aliphatic carbocycles. The van der Waals surface area contributed by atoms with Crippen LogP contribution in [0.1, 0.15) is 30.4 Å². The minimum absolute atomic E-state index is 0. The van der Waals surface area contributed by atoms with Gasteiger partial charge in [-0.1, -0.05) is 48.5 Å². The van der Waals surface area contributed by atoms with Crippen molar-refractivity contribution in [2.24, 2.45) is 5.92 Å². The zero-order valence-electron chi connectivity index (χ0n) is 17.1. The highest BCUT2D eigenvalue weighted by atomic mass is 35.5. The topological polar surface area (TPSA) is 49.6 Å². The number of hydrogen-bond donors (Lipinski definition) is 1. The Balaban J connectivity index is 0.00000210. The van der Waals surface area contributed by atoms with Gasteiger partial charge in [0.1, 0.15) is 0 Å². The van der Waals surface area contributed by atoms with Crippen LogP contribution in [-0.2, 0) is 17.8 Å². The largest absolute Gasteiger partial charge is 0.399 e. The maximum Gasteiger partial charge on any atom is 0.222 e. The lowest BCUT2D eigenvalue weighted by Gasteiger charge is -2.34. The molecule has 2 N–H and O–H groups in total. The third-order valence-electron chi connectivity index (χ3n) is 5.50. The summed E-state index contributed by atoms with van der Waals surface area (Å²) in [4.78, 5) is 17.0. The molecule has 160 valence electrons. The summed E-state index contributed by atoms with van der Waals surface area (Å²) in [6.45, 7) is 3.84. The summed E-state index contributed by atoms with van der Waals surface area (Å²) in [5.41, 5.74) is 9.19. The monoisotopic (exact) mass is 437 g/mol. The molecule has 1 amide bonds. The van der Waals surface area contributed by atoms with E-state index in [-0.39, 0.29) is 30.7 Å². The fraction of sp³-hybridized carbons (Fsp3) is 0.435. The highest BCUT2D eigenvalue weighted by Crippen LogP contribution is 2.20. The number of amides is 1. The molecule has 0 atom stereocenters. The van der Waals surface area contributed by atoms with Crippen LogP contribution in [0, 0.1) is 5.92 Å². The average Bonchev–Trinajstić information content (AvgIpc) is 2.68. The molecule has 2 aromatic carbocycles. The molecule has 4 nitrogen and oxygen atoms in total. The minimum Gasteiger partial charge on any atom is -0.399 e. The van der Waals surface area contributed by atoms with Crippen LogP contribution in [0.3, 0.4) is 0 Å². The van der Waals surface area contributed by atoms with E-state index in [0.29, 0.717) is 12.3 Å². The van der Waals surface area contributed by atoms with Crippen molar-refractivity contribution in [1.29, 1.82) is 0 Å². The maximum atomic E-state index is 12.5. The average molecular weight is 438 g/mol. The van der Waals surface area contributed by atoms with Crippen LogP contribution in [0.25, 0.3) is 0 Å². The number of piperidine rings is 1. The zero-order chi connectivity index (χ0) is 19.1. The molecule has 0 saturated carbocycles. The van der Waals surface area contributed by atoms with Crippen LogP contribution in [0.4, 0.5) is 5.69 Å². The van der Waals surface area contributed by atoms with Gasteiger partial charge in [-0.2, -0.15) is 0 Å². The first-order chi connectivity index (χ1) is 13.1. The summed E-state index contributed by atoms with van der Waals surface area (Å²) < 4.78 is 0. The van der Waals surface area contributed by atoms with E-state index >= 15 is 0 Å². The molecule has 0 bridgehead atoms. The molecule has 2 aromatic rings. The van der Waals surface area contributed by atoms with Crippen LogP contribution < -0.4 is 5.73 Å². The molecular weight excluding hydrogens is 405 g/mol. The molecule has 3 rings (SSSR count). The van der Waals surface area contributed by atoms with E-state index in [1.165, 1.54) is 5.56 Å². The number of aryl methyl sites for hydroxylation is 1. The van der Waals surface area contributed by atoms with Gasteiger partial charge >= 0.3 is 0 Å². The first-order valence-electron chi connectivity index (χ1n) is 9.95. The second-order valence-electron chi connectivity index (χ2n) is 7.71. The molecule has 0 radical (unpaired) electrons. The zero-order valence-corrected chi connectivity index (χ0v) is 18.8. The Bertz CT molecular complexity index is 734. The van der Waals surface area contributed by atoms with Crippen molar-refractivity contribution >= 4 is 36.4 Å². The number of hydrogen-bond acceptors (Lipinski definition) is 3. The van der Waals surface area contributed by atoms with Gasteiger partial charge in [0.15, 0.2) is 0 Å². The molecule has 0 spiro atoms. The number of carbonyl (C=O) groups is 1. The highest BCUT2D eigenvalue weighted by molar-refractivity contribution is 5.85. The van der Waals surface area contributed by atoms with Gasteiger partial charge in [-0.15, -0.1) is 24.8 Å². The normalized spacial score (nSPS) is 14.2. The molecule has 0 unspecified atom stereocenters. The van der Waals surface area contributed by atoms with Crippen molar-refractivity contribution in [1.82, 2.24) is 9.80 Å². The number of nitrogen functional groups attached to an aromatic ring is 1. The molecule has 1 saturated heterocycles. The standard InChI is InChI=1S/C23H31N3O.2ClH/c1-25(17-19-7-3-2-4-8-19)18-20-13-15-26(16-14-20)23(27)12-11-21-9-5-6-10-22(21)24;;/h2-10,20H,11-18,24H2,1H3;2*1H. The lowest BCUT2D eigenvalue weighted by molar-refractivity contribution is -0.132. The number of para-hydroxylation sites is 1. The number of likely N-dealkylation sites (tertiary alicyclic amines) is 1. The molecule has 0 aromatic heterocycles. The number of halogens is 2. The summed E-state index contributed by atoms with van der Waals surface area (Å²) >= 11 is 0. The highest BCUT2D eigenvalue weighted by Gasteiger charge is 2.23. The Labute approximate surface area is 187 Å². The van der Waals surface area contributed by atoms with Gasteiger partial charge in [0.2, 0.25) is 5.91 Å².